The van der Waals surface area contributed by atoms with Crippen LogP contribution in [0.3, 0.4) is 0 Å². The minimum atomic E-state index is -3.39. The summed E-state index contributed by atoms with van der Waals surface area (Å²) in [6.45, 7) is 3.03. The normalized spacial score (nSPS) is 17.6. The quantitative estimate of drug-likeness (QED) is 0.501. The maximum atomic E-state index is 13.4. The van der Waals surface area contributed by atoms with Gasteiger partial charge in [-0.05, 0) is 68.1 Å². The predicted molar refractivity (Wildman–Crippen MR) is 157 cm³/mol. The van der Waals surface area contributed by atoms with Gasteiger partial charge in [0.15, 0.2) is 6.61 Å². The predicted octanol–water partition coefficient (Wildman–Crippen LogP) is 3.70. The lowest BCUT2D eigenvalue weighted by molar-refractivity contribution is -0.120. The average Bonchev–Trinajstić information content (AvgIpc) is 2.97. The highest BCUT2D eigenvalue weighted by Gasteiger charge is 2.24. The third kappa shape index (κ3) is 8.78. The Bertz CT molecular complexity index is 1220. The molecule has 40 heavy (non-hydrogen) atoms. The third-order valence-corrected chi connectivity index (χ3v) is 9.32. The molecule has 218 valence electrons. The number of carbonyl (C=O) groups excluding carboxylic acids is 2. The molecule has 0 atom stereocenters. The number of benzene rings is 2. The van der Waals surface area contributed by atoms with Crippen molar-refractivity contribution in [2.45, 2.75) is 57.9 Å². The Balaban J connectivity index is 1.46. The zero-order chi connectivity index (χ0) is 28.2. The van der Waals surface area contributed by atoms with Crippen LogP contribution < -0.4 is 20.3 Å². The van der Waals surface area contributed by atoms with Crippen LogP contribution in [0, 0.1) is 0 Å². The number of rotatable bonds is 8. The maximum Gasteiger partial charge on any atom is 0.264 e. The van der Waals surface area contributed by atoms with E-state index in [2.05, 4.69) is 10.6 Å². The molecule has 0 bridgehead atoms. The summed E-state index contributed by atoms with van der Waals surface area (Å²) in [5, 5.41) is 6.23. The molecule has 2 aromatic carbocycles. The Hall–Kier alpha value is -2.95. The van der Waals surface area contributed by atoms with Gasteiger partial charge < -0.3 is 20.3 Å². The molecular weight excluding hydrogens is 528 g/mol. The summed E-state index contributed by atoms with van der Waals surface area (Å²) in [4.78, 5) is 28.2. The smallest absolute Gasteiger partial charge is 0.264 e. The highest BCUT2D eigenvalue weighted by molar-refractivity contribution is 7.89. The van der Waals surface area contributed by atoms with Crippen LogP contribution >= 0.6 is 0 Å². The molecule has 0 aliphatic carbocycles. The number of nitrogens with zero attached hydrogens (tertiary/aromatic N) is 2. The first kappa shape index (κ1) is 30.0. The van der Waals surface area contributed by atoms with Crippen molar-refractivity contribution in [2.24, 2.45) is 0 Å². The fraction of sp³-hybridized carbons (Fsp3) is 0.533. The van der Waals surface area contributed by atoms with Gasteiger partial charge in [-0.3, -0.25) is 9.59 Å². The monoisotopic (exact) mass is 570 g/mol. The number of amides is 2. The first-order valence-corrected chi connectivity index (χ1v) is 16.1. The Kier molecular flexibility index (Phi) is 11.4. The van der Waals surface area contributed by atoms with Crippen molar-refractivity contribution in [2.75, 3.05) is 50.0 Å². The van der Waals surface area contributed by atoms with Crippen molar-refractivity contribution in [3.05, 3.63) is 59.7 Å². The standard InChI is InChI=1S/C30H42N4O5S/c35-29(24-39-27-12-6-4-7-13-27)34-20-11-3-1-2-8-16-31-23-26-22-25(14-15-28(26)34)30(36)32-17-21-40(37,38)33-18-9-5-10-19-33/h4,6-7,12-15,22,31H,1-3,5,8-11,16-21,23-24H2,(H,32,36). The molecule has 0 unspecified atom stereocenters. The van der Waals surface area contributed by atoms with Crippen LogP contribution in [-0.2, 0) is 21.4 Å². The van der Waals surface area contributed by atoms with Gasteiger partial charge in [0, 0.05) is 44.0 Å². The molecule has 2 N–H and O–H groups in total. The highest BCUT2D eigenvalue weighted by atomic mass is 32.2. The number of piperidine rings is 1. The molecule has 0 radical (unpaired) electrons. The van der Waals surface area contributed by atoms with Crippen LogP contribution in [0.5, 0.6) is 5.75 Å². The lowest BCUT2D eigenvalue weighted by atomic mass is 10.0. The van der Waals surface area contributed by atoms with E-state index in [0.29, 0.717) is 37.5 Å². The lowest BCUT2D eigenvalue weighted by Crippen LogP contribution is -2.40. The van der Waals surface area contributed by atoms with E-state index in [-0.39, 0.29) is 30.7 Å². The Morgan fingerprint density at radius 2 is 1.57 bits per heavy atom. The number of carbonyl (C=O) groups is 2. The minimum Gasteiger partial charge on any atom is -0.484 e. The number of fused-ring (bicyclic) bond motifs is 1. The summed E-state index contributed by atoms with van der Waals surface area (Å²) in [5.74, 6) is 0.0614. The third-order valence-electron chi connectivity index (χ3n) is 7.44. The summed E-state index contributed by atoms with van der Waals surface area (Å²) in [6.07, 6.45) is 8.08. The lowest BCUT2D eigenvalue weighted by Gasteiger charge is -2.27. The zero-order valence-corrected chi connectivity index (χ0v) is 24.1. The number of para-hydroxylation sites is 1. The van der Waals surface area contributed by atoms with E-state index < -0.39 is 10.0 Å². The molecule has 10 heteroatoms. The first-order valence-electron chi connectivity index (χ1n) is 14.5. The van der Waals surface area contributed by atoms with E-state index in [0.717, 1.165) is 69.2 Å². The van der Waals surface area contributed by atoms with Crippen molar-refractivity contribution in [3.8, 4) is 5.75 Å². The topological polar surface area (TPSA) is 108 Å². The molecule has 9 nitrogen and oxygen atoms in total. The molecule has 4 rings (SSSR count). The van der Waals surface area contributed by atoms with Crippen LogP contribution in [0.4, 0.5) is 5.69 Å². The molecule has 2 aliphatic rings. The largest absolute Gasteiger partial charge is 0.484 e. The number of ether oxygens (including phenoxy) is 1. The van der Waals surface area contributed by atoms with E-state index in [9.17, 15) is 18.0 Å². The number of nitrogens with one attached hydrogen (secondary N) is 2. The van der Waals surface area contributed by atoms with E-state index in [4.69, 9.17) is 4.74 Å². The molecule has 2 heterocycles. The second-order valence-electron chi connectivity index (χ2n) is 10.5. The fourth-order valence-corrected chi connectivity index (χ4v) is 6.62. The number of hydrogen-bond acceptors (Lipinski definition) is 6. The average molecular weight is 571 g/mol. The van der Waals surface area contributed by atoms with Crippen LogP contribution in [0.15, 0.2) is 48.5 Å². The van der Waals surface area contributed by atoms with Gasteiger partial charge in [-0.25, -0.2) is 12.7 Å². The molecule has 0 aromatic heterocycles. The Labute approximate surface area is 238 Å². The molecule has 2 aromatic rings. The van der Waals surface area contributed by atoms with Gasteiger partial charge in [-0.1, -0.05) is 43.9 Å². The van der Waals surface area contributed by atoms with Crippen LogP contribution in [0.2, 0.25) is 0 Å². The minimum absolute atomic E-state index is 0.0500. The summed E-state index contributed by atoms with van der Waals surface area (Å²) >= 11 is 0. The van der Waals surface area contributed by atoms with Crippen LogP contribution in [0.1, 0.15) is 67.3 Å². The van der Waals surface area contributed by atoms with Gasteiger partial charge in [-0.2, -0.15) is 0 Å². The van der Waals surface area contributed by atoms with Gasteiger partial charge >= 0.3 is 0 Å². The SMILES string of the molecule is O=C(NCCS(=O)(=O)N1CCCCC1)c1ccc2c(c1)CNCCCCCCCN2C(=O)COc1ccccc1. The molecule has 2 amide bonds. The fourth-order valence-electron chi connectivity index (χ4n) is 5.19. The molecule has 1 fully saturated rings. The summed E-state index contributed by atoms with van der Waals surface area (Å²) in [6, 6.07) is 14.6. The summed E-state index contributed by atoms with van der Waals surface area (Å²) in [5.41, 5.74) is 2.05. The Morgan fingerprint density at radius 3 is 2.38 bits per heavy atom. The van der Waals surface area contributed by atoms with Gasteiger partial charge in [0.1, 0.15) is 5.75 Å². The van der Waals surface area contributed by atoms with Crippen molar-refractivity contribution >= 4 is 27.5 Å². The number of sulfonamides is 1. The van der Waals surface area contributed by atoms with Crippen molar-refractivity contribution < 1.29 is 22.7 Å². The van der Waals surface area contributed by atoms with E-state index >= 15 is 0 Å². The van der Waals surface area contributed by atoms with Crippen molar-refractivity contribution in [1.82, 2.24) is 14.9 Å². The number of hydrogen-bond donors (Lipinski definition) is 2. The summed E-state index contributed by atoms with van der Waals surface area (Å²) < 4.78 is 32.6. The van der Waals surface area contributed by atoms with Crippen molar-refractivity contribution in [1.29, 1.82) is 0 Å². The van der Waals surface area contributed by atoms with E-state index in [1.54, 1.807) is 17.0 Å². The zero-order valence-electron chi connectivity index (χ0n) is 23.3. The maximum absolute atomic E-state index is 13.4. The van der Waals surface area contributed by atoms with E-state index in [1.165, 1.54) is 4.31 Å². The van der Waals surface area contributed by atoms with Gasteiger partial charge in [0.05, 0.1) is 5.75 Å². The van der Waals surface area contributed by atoms with Crippen molar-refractivity contribution in [3.63, 3.8) is 0 Å². The van der Waals surface area contributed by atoms with Gasteiger partial charge in [-0.15, -0.1) is 0 Å². The molecule has 2 aliphatic heterocycles. The second kappa shape index (κ2) is 15.2. The molecular formula is C30H42N4O5S. The van der Waals surface area contributed by atoms with E-state index in [1.807, 2.05) is 36.4 Å². The summed E-state index contributed by atoms with van der Waals surface area (Å²) in [7, 11) is -3.39. The molecule has 1 saturated heterocycles. The van der Waals surface area contributed by atoms with Gasteiger partial charge in [0.25, 0.3) is 11.8 Å². The molecule has 0 spiro atoms. The second-order valence-corrected chi connectivity index (χ2v) is 12.6. The molecule has 0 saturated carbocycles. The Morgan fingerprint density at radius 1 is 0.875 bits per heavy atom. The van der Waals surface area contributed by atoms with Gasteiger partial charge in [0.2, 0.25) is 10.0 Å². The van der Waals surface area contributed by atoms with Crippen LogP contribution in [0.25, 0.3) is 0 Å². The van der Waals surface area contributed by atoms with Crippen LogP contribution in [-0.4, -0.2) is 69.6 Å². The highest BCUT2D eigenvalue weighted by Crippen LogP contribution is 2.25. The first-order chi connectivity index (χ1) is 19.4. The number of anilines is 1.